The Labute approximate surface area is 107 Å². The average molecular weight is 270 g/mol. The van der Waals surface area contributed by atoms with Crippen LogP contribution < -0.4 is 0 Å². The van der Waals surface area contributed by atoms with Crippen molar-refractivity contribution in [2.75, 3.05) is 6.54 Å². The Bertz CT molecular complexity index is 517. The van der Waals surface area contributed by atoms with Crippen molar-refractivity contribution in [3.05, 3.63) is 17.5 Å². The van der Waals surface area contributed by atoms with E-state index in [1.807, 2.05) is 0 Å². The molecule has 1 aromatic heterocycles. The van der Waals surface area contributed by atoms with Crippen LogP contribution in [0, 0.1) is 0 Å². The first kappa shape index (κ1) is 12.2. The van der Waals surface area contributed by atoms with Gasteiger partial charge in [0.15, 0.2) is 0 Å². The molecule has 0 atom stereocenters. The molecule has 0 bridgehead atoms. The molecule has 0 N–H and O–H groups in total. The van der Waals surface area contributed by atoms with E-state index in [-0.39, 0.29) is 5.25 Å². The quantitative estimate of drug-likeness (QED) is 0.820. The van der Waals surface area contributed by atoms with Crippen LogP contribution in [0.15, 0.2) is 10.7 Å². The molecule has 0 aromatic carbocycles. The first-order valence-electron chi connectivity index (χ1n) is 6.59. The van der Waals surface area contributed by atoms with E-state index in [2.05, 4.69) is 5.16 Å². The highest BCUT2D eigenvalue weighted by Crippen LogP contribution is 2.29. The van der Waals surface area contributed by atoms with Gasteiger partial charge in [0.25, 0.3) is 0 Å². The topological polar surface area (TPSA) is 63.4 Å². The number of hydrogen-bond donors (Lipinski definition) is 0. The number of fused-ring (bicyclic) bond motifs is 1. The highest BCUT2D eigenvalue weighted by atomic mass is 32.2. The van der Waals surface area contributed by atoms with Crippen molar-refractivity contribution in [2.45, 2.75) is 50.3 Å². The van der Waals surface area contributed by atoms with Gasteiger partial charge >= 0.3 is 0 Å². The molecule has 0 unspecified atom stereocenters. The molecule has 18 heavy (non-hydrogen) atoms. The van der Waals surface area contributed by atoms with Gasteiger partial charge in [0.2, 0.25) is 10.0 Å². The molecular formula is C12H18N2O3S. The number of aromatic nitrogens is 1. The van der Waals surface area contributed by atoms with E-state index < -0.39 is 10.0 Å². The summed E-state index contributed by atoms with van der Waals surface area (Å²) in [5.74, 6) is 0.838. The van der Waals surface area contributed by atoms with E-state index in [1.54, 1.807) is 10.5 Å². The maximum Gasteiger partial charge on any atom is 0.217 e. The van der Waals surface area contributed by atoms with Gasteiger partial charge < -0.3 is 4.52 Å². The Morgan fingerprint density at radius 3 is 2.83 bits per heavy atom. The fraction of sp³-hybridized carbons (Fsp3) is 0.750. The summed E-state index contributed by atoms with van der Waals surface area (Å²) < 4.78 is 31.8. The predicted octanol–water partition coefficient (Wildman–Crippen LogP) is 1.70. The van der Waals surface area contributed by atoms with Crippen molar-refractivity contribution in [1.82, 2.24) is 9.46 Å². The summed E-state index contributed by atoms with van der Waals surface area (Å²) in [6, 6.07) is 0. The van der Waals surface area contributed by atoms with Crippen LogP contribution in [-0.4, -0.2) is 29.7 Å². The second kappa shape index (κ2) is 4.66. The second-order valence-corrected chi connectivity index (χ2v) is 7.38. The van der Waals surface area contributed by atoms with Crippen molar-refractivity contribution in [3.8, 4) is 0 Å². The Hall–Kier alpha value is -0.880. The highest BCUT2D eigenvalue weighted by molar-refractivity contribution is 7.89. The molecule has 0 saturated heterocycles. The van der Waals surface area contributed by atoms with Crippen molar-refractivity contribution < 1.29 is 12.9 Å². The Balaban J connectivity index is 1.78. The third-order valence-electron chi connectivity index (χ3n) is 4.00. The van der Waals surface area contributed by atoms with Crippen molar-refractivity contribution >= 4 is 10.0 Å². The minimum absolute atomic E-state index is 0.173. The van der Waals surface area contributed by atoms with Gasteiger partial charge in [-0.2, -0.15) is 4.31 Å². The minimum Gasteiger partial charge on any atom is -0.361 e. The van der Waals surface area contributed by atoms with Gasteiger partial charge in [0.05, 0.1) is 11.4 Å². The van der Waals surface area contributed by atoms with Gasteiger partial charge in [-0.3, -0.25) is 0 Å². The summed E-state index contributed by atoms with van der Waals surface area (Å²) in [5.41, 5.74) is 0.917. The van der Waals surface area contributed by atoms with Crippen molar-refractivity contribution in [2.24, 2.45) is 0 Å². The maximum absolute atomic E-state index is 12.5. The molecule has 0 radical (unpaired) electrons. The van der Waals surface area contributed by atoms with Gasteiger partial charge in [-0.05, 0) is 12.8 Å². The molecule has 0 amide bonds. The van der Waals surface area contributed by atoms with E-state index in [0.717, 1.165) is 37.0 Å². The molecule has 1 aromatic rings. The number of hydrogen-bond acceptors (Lipinski definition) is 4. The van der Waals surface area contributed by atoms with Crippen LogP contribution in [0.3, 0.4) is 0 Å². The van der Waals surface area contributed by atoms with Crippen molar-refractivity contribution in [1.29, 1.82) is 0 Å². The van der Waals surface area contributed by atoms with Gasteiger partial charge in [-0.1, -0.05) is 24.4 Å². The lowest BCUT2D eigenvalue weighted by atomic mass is 10.0. The smallest absolute Gasteiger partial charge is 0.217 e. The molecule has 1 aliphatic carbocycles. The lowest BCUT2D eigenvalue weighted by Gasteiger charge is -2.31. The number of nitrogens with zero attached hydrogens (tertiary/aromatic N) is 2. The third-order valence-corrected chi connectivity index (χ3v) is 6.34. The molecule has 6 heteroatoms. The highest BCUT2D eigenvalue weighted by Gasteiger charge is 2.35. The standard InChI is InChI=1S/C12H18N2O3S/c15-18(16,11-4-2-1-3-5-11)14-7-6-12-10(9-14)8-13-17-12/h8,11H,1-7,9H2. The summed E-state index contributed by atoms with van der Waals surface area (Å²) >= 11 is 0. The van der Waals surface area contributed by atoms with E-state index >= 15 is 0 Å². The molecule has 1 aliphatic heterocycles. The zero-order chi connectivity index (χ0) is 12.6. The van der Waals surface area contributed by atoms with Crippen LogP contribution in [0.1, 0.15) is 43.4 Å². The first-order chi connectivity index (χ1) is 8.68. The summed E-state index contributed by atoms with van der Waals surface area (Å²) in [7, 11) is -3.14. The average Bonchev–Trinajstić information content (AvgIpc) is 2.87. The zero-order valence-electron chi connectivity index (χ0n) is 10.3. The normalized spacial score (nSPS) is 22.9. The number of rotatable bonds is 2. The minimum atomic E-state index is -3.14. The van der Waals surface area contributed by atoms with Crippen LogP contribution in [0.2, 0.25) is 0 Å². The first-order valence-corrected chi connectivity index (χ1v) is 8.09. The van der Waals surface area contributed by atoms with Gasteiger partial charge in [-0.25, -0.2) is 8.42 Å². The lowest BCUT2D eigenvalue weighted by Crippen LogP contribution is -2.42. The fourth-order valence-electron chi connectivity index (χ4n) is 2.91. The lowest BCUT2D eigenvalue weighted by molar-refractivity contribution is 0.325. The summed E-state index contributed by atoms with van der Waals surface area (Å²) in [4.78, 5) is 0. The fourth-order valence-corrected chi connectivity index (χ4v) is 4.92. The van der Waals surface area contributed by atoms with Crippen molar-refractivity contribution in [3.63, 3.8) is 0 Å². The SMILES string of the molecule is O=S(=O)(C1CCCCC1)N1CCc2oncc2C1. The van der Waals surface area contributed by atoms with Gasteiger partial charge in [0, 0.05) is 25.1 Å². The van der Waals surface area contributed by atoms with Crippen LogP contribution in [-0.2, 0) is 23.0 Å². The molecule has 1 fully saturated rings. The van der Waals surface area contributed by atoms with Crippen LogP contribution >= 0.6 is 0 Å². The summed E-state index contributed by atoms with van der Waals surface area (Å²) in [6.07, 6.45) is 7.15. The van der Waals surface area contributed by atoms with E-state index in [9.17, 15) is 8.42 Å². The molecule has 1 saturated carbocycles. The van der Waals surface area contributed by atoms with E-state index in [1.165, 1.54) is 6.42 Å². The van der Waals surface area contributed by atoms with Gasteiger partial charge in [-0.15, -0.1) is 0 Å². The Morgan fingerprint density at radius 2 is 2.06 bits per heavy atom. The molecule has 0 spiro atoms. The largest absolute Gasteiger partial charge is 0.361 e. The molecule has 3 rings (SSSR count). The van der Waals surface area contributed by atoms with E-state index in [0.29, 0.717) is 19.5 Å². The molecule has 2 heterocycles. The van der Waals surface area contributed by atoms with Crippen LogP contribution in [0.5, 0.6) is 0 Å². The summed E-state index contributed by atoms with van der Waals surface area (Å²) in [6.45, 7) is 0.957. The maximum atomic E-state index is 12.5. The molecular weight excluding hydrogens is 252 g/mol. The monoisotopic (exact) mass is 270 g/mol. The molecule has 100 valence electrons. The van der Waals surface area contributed by atoms with E-state index in [4.69, 9.17) is 4.52 Å². The number of sulfonamides is 1. The summed E-state index contributed by atoms with van der Waals surface area (Å²) in [5, 5.41) is 3.56. The van der Waals surface area contributed by atoms with Gasteiger partial charge in [0.1, 0.15) is 5.76 Å². The van der Waals surface area contributed by atoms with Crippen LogP contribution in [0.25, 0.3) is 0 Å². The second-order valence-electron chi connectivity index (χ2n) is 5.16. The Morgan fingerprint density at radius 1 is 1.28 bits per heavy atom. The van der Waals surface area contributed by atoms with Crippen LogP contribution in [0.4, 0.5) is 0 Å². The third kappa shape index (κ3) is 2.07. The Kier molecular flexibility index (Phi) is 3.15. The predicted molar refractivity (Wildman–Crippen MR) is 66.4 cm³/mol. The molecule has 5 nitrogen and oxygen atoms in total. The molecule has 2 aliphatic rings. The zero-order valence-corrected chi connectivity index (χ0v) is 11.2.